The third kappa shape index (κ3) is 3.57. The summed E-state index contributed by atoms with van der Waals surface area (Å²) in [5.41, 5.74) is 3.21. The van der Waals surface area contributed by atoms with Crippen molar-refractivity contribution in [2.24, 2.45) is 0 Å². The van der Waals surface area contributed by atoms with E-state index in [9.17, 15) is 9.90 Å². The first kappa shape index (κ1) is 14.1. The lowest BCUT2D eigenvalue weighted by molar-refractivity contribution is -0.140. The van der Waals surface area contributed by atoms with E-state index in [1.807, 2.05) is 32.0 Å². The molecular formula is C16H23NO2. The Labute approximate surface area is 115 Å². The van der Waals surface area contributed by atoms with Crippen LogP contribution in [0.25, 0.3) is 0 Å². The van der Waals surface area contributed by atoms with Gasteiger partial charge in [-0.15, -0.1) is 0 Å². The van der Waals surface area contributed by atoms with Crippen molar-refractivity contribution in [2.75, 3.05) is 0 Å². The normalized spacial score (nSPS) is 18.2. The molecular weight excluding hydrogens is 238 g/mol. The molecule has 0 saturated heterocycles. The van der Waals surface area contributed by atoms with Crippen molar-refractivity contribution in [3.8, 4) is 0 Å². The van der Waals surface area contributed by atoms with E-state index < -0.39 is 12.0 Å². The van der Waals surface area contributed by atoms with Crippen LogP contribution in [0.5, 0.6) is 0 Å². The second-order valence-corrected chi connectivity index (χ2v) is 5.62. The third-order valence-electron chi connectivity index (χ3n) is 4.12. The Morgan fingerprint density at radius 1 is 1.21 bits per heavy atom. The van der Waals surface area contributed by atoms with Gasteiger partial charge >= 0.3 is 5.97 Å². The molecule has 1 atom stereocenters. The molecule has 0 aromatic heterocycles. The van der Waals surface area contributed by atoms with Crippen LogP contribution in [-0.2, 0) is 4.79 Å². The zero-order valence-corrected chi connectivity index (χ0v) is 11.8. The minimum atomic E-state index is -0.783. The molecule has 19 heavy (non-hydrogen) atoms. The molecule has 0 bridgehead atoms. The van der Waals surface area contributed by atoms with Crippen LogP contribution in [0, 0.1) is 13.8 Å². The van der Waals surface area contributed by atoms with Crippen LogP contribution in [0.1, 0.15) is 54.8 Å². The van der Waals surface area contributed by atoms with E-state index in [1.165, 1.54) is 24.8 Å². The fraction of sp³-hybridized carbons (Fsp3) is 0.562. The fourth-order valence-electron chi connectivity index (χ4n) is 2.76. The van der Waals surface area contributed by atoms with Gasteiger partial charge < -0.3 is 5.11 Å². The van der Waals surface area contributed by atoms with Crippen molar-refractivity contribution >= 4 is 5.97 Å². The number of carboxylic acid groups (broad SMARTS) is 1. The number of hydrogen-bond acceptors (Lipinski definition) is 2. The molecule has 1 saturated carbocycles. The van der Waals surface area contributed by atoms with E-state index in [2.05, 4.69) is 5.32 Å². The first-order chi connectivity index (χ1) is 9.08. The quantitative estimate of drug-likeness (QED) is 0.873. The number of rotatable bonds is 4. The molecule has 0 aliphatic heterocycles. The highest BCUT2D eigenvalue weighted by Gasteiger charge is 2.24. The van der Waals surface area contributed by atoms with Gasteiger partial charge in [0.05, 0.1) is 0 Å². The minimum Gasteiger partial charge on any atom is -0.480 e. The molecule has 2 N–H and O–H groups in total. The van der Waals surface area contributed by atoms with Crippen LogP contribution in [0.4, 0.5) is 0 Å². The van der Waals surface area contributed by atoms with Gasteiger partial charge in [-0.05, 0) is 43.4 Å². The van der Waals surface area contributed by atoms with Gasteiger partial charge in [0.15, 0.2) is 0 Å². The van der Waals surface area contributed by atoms with Gasteiger partial charge in [-0.3, -0.25) is 10.1 Å². The SMILES string of the molecule is Cc1ccc(C(NC2CCCCC2)C(=O)O)cc1C. The van der Waals surface area contributed by atoms with E-state index in [0.29, 0.717) is 6.04 Å². The standard InChI is InChI=1S/C16H23NO2/c1-11-8-9-13(10-12(11)2)15(16(18)19)17-14-6-4-3-5-7-14/h8-10,14-15,17H,3-7H2,1-2H3,(H,18,19). The highest BCUT2D eigenvalue weighted by atomic mass is 16.4. The first-order valence-electron chi connectivity index (χ1n) is 7.14. The van der Waals surface area contributed by atoms with Gasteiger partial charge in [-0.1, -0.05) is 37.5 Å². The Morgan fingerprint density at radius 2 is 1.89 bits per heavy atom. The summed E-state index contributed by atoms with van der Waals surface area (Å²) in [6.45, 7) is 4.07. The molecule has 3 heteroatoms. The largest absolute Gasteiger partial charge is 0.480 e. The number of carbonyl (C=O) groups is 1. The Morgan fingerprint density at radius 3 is 2.47 bits per heavy atom. The van der Waals surface area contributed by atoms with Gasteiger partial charge in [0.2, 0.25) is 0 Å². The molecule has 3 nitrogen and oxygen atoms in total. The van der Waals surface area contributed by atoms with Crippen LogP contribution < -0.4 is 5.32 Å². The highest BCUT2D eigenvalue weighted by molar-refractivity contribution is 5.75. The van der Waals surface area contributed by atoms with Gasteiger partial charge in [-0.2, -0.15) is 0 Å². The lowest BCUT2D eigenvalue weighted by Gasteiger charge is -2.27. The molecule has 1 unspecified atom stereocenters. The molecule has 0 amide bonds. The smallest absolute Gasteiger partial charge is 0.325 e. The van der Waals surface area contributed by atoms with Crippen molar-refractivity contribution in [1.29, 1.82) is 0 Å². The molecule has 1 aromatic carbocycles. The lowest BCUT2D eigenvalue weighted by atomic mass is 9.93. The number of carboxylic acids is 1. The van der Waals surface area contributed by atoms with Gasteiger partial charge in [0, 0.05) is 6.04 Å². The fourth-order valence-corrected chi connectivity index (χ4v) is 2.76. The number of benzene rings is 1. The number of hydrogen-bond donors (Lipinski definition) is 2. The summed E-state index contributed by atoms with van der Waals surface area (Å²) < 4.78 is 0. The average molecular weight is 261 g/mol. The maximum atomic E-state index is 11.5. The maximum absolute atomic E-state index is 11.5. The van der Waals surface area contributed by atoms with E-state index in [1.54, 1.807) is 0 Å². The van der Waals surface area contributed by atoms with Crippen molar-refractivity contribution in [2.45, 2.75) is 58.0 Å². The number of aliphatic carboxylic acids is 1. The topological polar surface area (TPSA) is 49.3 Å². The Kier molecular flexibility index (Phi) is 4.59. The summed E-state index contributed by atoms with van der Waals surface area (Å²) >= 11 is 0. The zero-order chi connectivity index (χ0) is 13.8. The molecule has 1 fully saturated rings. The summed E-state index contributed by atoms with van der Waals surface area (Å²) in [4.78, 5) is 11.5. The maximum Gasteiger partial charge on any atom is 0.325 e. The van der Waals surface area contributed by atoms with Crippen molar-refractivity contribution in [3.05, 3.63) is 34.9 Å². The molecule has 0 heterocycles. The van der Waals surface area contributed by atoms with Gasteiger partial charge in [-0.25, -0.2) is 0 Å². The Bertz CT molecular complexity index is 450. The van der Waals surface area contributed by atoms with E-state index >= 15 is 0 Å². The van der Waals surface area contributed by atoms with Crippen LogP contribution in [0.3, 0.4) is 0 Å². The Hall–Kier alpha value is -1.35. The summed E-state index contributed by atoms with van der Waals surface area (Å²) in [5, 5.41) is 12.8. The summed E-state index contributed by atoms with van der Waals surface area (Å²) in [7, 11) is 0. The van der Waals surface area contributed by atoms with Gasteiger partial charge in [0.1, 0.15) is 6.04 Å². The van der Waals surface area contributed by atoms with E-state index in [4.69, 9.17) is 0 Å². The number of aryl methyl sites for hydroxylation is 2. The molecule has 2 rings (SSSR count). The van der Waals surface area contributed by atoms with Gasteiger partial charge in [0.25, 0.3) is 0 Å². The molecule has 0 radical (unpaired) electrons. The summed E-state index contributed by atoms with van der Waals surface area (Å²) in [6, 6.07) is 5.68. The predicted octanol–water partition coefficient (Wildman–Crippen LogP) is 3.35. The van der Waals surface area contributed by atoms with Crippen molar-refractivity contribution < 1.29 is 9.90 Å². The predicted molar refractivity (Wildman–Crippen MR) is 76.3 cm³/mol. The first-order valence-corrected chi connectivity index (χ1v) is 7.14. The number of nitrogens with one attached hydrogen (secondary N) is 1. The lowest BCUT2D eigenvalue weighted by Crippen LogP contribution is -2.38. The van der Waals surface area contributed by atoms with Crippen LogP contribution in [0.2, 0.25) is 0 Å². The summed E-state index contributed by atoms with van der Waals surface area (Å²) in [6.07, 6.45) is 5.87. The summed E-state index contributed by atoms with van der Waals surface area (Å²) in [5.74, 6) is -0.783. The second-order valence-electron chi connectivity index (χ2n) is 5.62. The van der Waals surface area contributed by atoms with Crippen LogP contribution in [0.15, 0.2) is 18.2 Å². The van der Waals surface area contributed by atoms with E-state index in [-0.39, 0.29) is 0 Å². The monoisotopic (exact) mass is 261 g/mol. The molecule has 1 aromatic rings. The van der Waals surface area contributed by atoms with Crippen LogP contribution in [-0.4, -0.2) is 17.1 Å². The van der Waals surface area contributed by atoms with Crippen molar-refractivity contribution in [3.63, 3.8) is 0 Å². The second kappa shape index (κ2) is 6.20. The zero-order valence-electron chi connectivity index (χ0n) is 11.8. The molecule has 104 valence electrons. The Balaban J connectivity index is 2.14. The average Bonchev–Trinajstić information content (AvgIpc) is 2.40. The highest BCUT2D eigenvalue weighted by Crippen LogP contribution is 2.23. The molecule has 1 aliphatic carbocycles. The van der Waals surface area contributed by atoms with Crippen LogP contribution >= 0.6 is 0 Å². The van der Waals surface area contributed by atoms with E-state index in [0.717, 1.165) is 24.0 Å². The molecule has 0 spiro atoms. The third-order valence-corrected chi connectivity index (χ3v) is 4.12. The minimum absolute atomic E-state index is 0.344. The van der Waals surface area contributed by atoms with Crippen molar-refractivity contribution in [1.82, 2.24) is 5.32 Å². The molecule has 1 aliphatic rings.